The van der Waals surface area contributed by atoms with Gasteiger partial charge in [0.2, 0.25) is 0 Å². The van der Waals surface area contributed by atoms with Crippen molar-refractivity contribution in [3.05, 3.63) is 41.6 Å². The molecule has 0 atom stereocenters. The van der Waals surface area contributed by atoms with Crippen LogP contribution in [0.4, 0.5) is 0 Å². The number of carbonyl (C=O) groups is 1. The number of aryl methyl sites for hydroxylation is 2. The van der Waals surface area contributed by atoms with Crippen LogP contribution >= 0.6 is 0 Å². The highest BCUT2D eigenvalue weighted by Gasteiger charge is 2.24. The largest absolute Gasteiger partial charge is 0.462 e. The van der Waals surface area contributed by atoms with Crippen molar-refractivity contribution in [1.82, 2.24) is 19.4 Å². The number of carbonyl (C=O) groups excluding carboxylic acids is 1. The van der Waals surface area contributed by atoms with E-state index in [2.05, 4.69) is 10.2 Å². The van der Waals surface area contributed by atoms with Crippen LogP contribution in [-0.4, -0.2) is 32.0 Å². The molecular formula is C16H18N4O2. The van der Waals surface area contributed by atoms with Gasteiger partial charge in [-0.05, 0) is 20.8 Å². The Kier molecular flexibility index (Phi) is 3.66. The van der Waals surface area contributed by atoms with Crippen LogP contribution in [-0.2, 0) is 11.3 Å². The predicted molar refractivity (Wildman–Crippen MR) is 82.8 cm³/mol. The summed E-state index contributed by atoms with van der Waals surface area (Å²) in [7, 11) is 0. The van der Waals surface area contributed by atoms with Crippen molar-refractivity contribution in [1.29, 1.82) is 0 Å². The van der Waals surface area contributed by atoms with Crippen molar-refractivity contribution in [2.75, 3.05) is 6.61 Å². The van der Waals surface area contributed by atoms with E-state index in [0.717, 1.165) is 11.4 Å². The van der Waals surface area contributed by atoms with Crippen LogP contribution in [0.1, 0.15) is 29.9 Å². The number of rotatable bonds is 4. The van der Waals surface area contributed by atoms with E-state index >= 15 is 0 Å². The molecule has 0 saturated carbocycles. The van der Waals surface area contributed by atoms with Crippen LogP contribution in [0, 0.1) is 6.92 Å². The van der Waals surface area contributed by atoms with E-state index in [9.17, 15) is 4.79 Å². The van der Waals surface area contributed by atoms with E-state index in [0.29, 0.717) is 30.1 Å². The van der Waals surface area contributed by atoms with E-state index in [1.807, 2.05) is 44.2 Å². The third-order valence-corrected chi connectivity index (χ3v) is 3.51. The van der Waals surface area contributed by atoms with Gasteiger partial charge in [0.15, 0.2) is 11.5 Å². The molecule has 2 aromatic heterocycles. The highest BCUT2D eigenvalue weighted by Crippen LogP contribution is 2.24. The second-order valence-corrected chi connectivity index (χ2v) is 4.92. The fourth-order valence-electron chi connectivity index (χ4n) is 2.54. The van der Waals surface area contributed by atoms with E-state index in [4.69, 9.17) is 4.74 Å². The molecule has 0 saturated heterocycles. The summed E-state index contributed by atoms with van der Waals surface area (Å²) in [5.41, 5.74) is 2.77. The summed E-state index contributed by atoms with van der Waals surface area (Å²) in [6.45, 7) is 6.57. The minimum atomic E-state index is -0.357. The molecule has 0 radical (unpaired) electrons. The second-order valence-electron chi connectivity index (χ2n) is 4.92. The van der Waals surface area contributed by atoms with Gasteiger partial charge in [0, 0.05) is 12.1 Å². The van der Waals surface area contributed by atoms with Crippen LogP contribution in [0.2, 0.25) is 0 Å². The molecule has 22 heavy (non-hydrogen) atoms. The lowest BCUT2D eigenvalue weighted by Crippen LogP contribution is -2.08. The molecule has 6 heteroatoms. The zero-order chi connectivity index (χ0) is 15.7. The zero-order valence-corrected chi connectivity index (χ0v) is 12.9. The molecule has 0 N–H and O–H groups in total. The molecule has 0 unspecified atom stereocenters. The number of nitrogens with zero attached hydrogens (tertiary/aromatic N) is 4. The average molecular weight is 298 g/mol. The number of aromatic nitrogens is 4. The fraction of sp³-hybridized carbons (Fsp3) is 0.312. The van der Waals surface area contributed by atoms with Crippen LogP contribution < -0.4 is 0 Å². The first-order valence-electron chi connectivity index (χ1n) is 7.36. The molecule has 0 bridgehead atoms. The van der Waals surface area contributed by atoms with E-state index in [-0.39, 0.29) is 5.97 Å². The first kappa shape index (κ1) is 14.3. The monoisotopic (exact) mass is 298 g/mol. The van der Waals surface area contributed by atoms with Crippen LogP contribution in [0.25, 0.3) is 17.0 Å². The van der Waals surface area contributed by atoms with Gasteiger partial charge in [0.05, 0.1) is 12.3 Å². The Hall–Kier alpha value is -2.63. The quantitative estimate of drug-likeness (QED) is 0.695. The van der Waals surface area contributed by atoms with Crippen LogP contribution in [0.5, 0.6) is 0 Å². The Labute approximate surface area is 128 Å². The summed E-state index contributed by atoms with van der Waals surface area (Å²) in [6, 6.07) is 9.81. The van der Waals surface area contributed by atoms with Crippen molar-refractivity contribution >= 4 is 11.6 Å². The Balaban J connectivity index is 2.26. The lowest BCUT2D eigenvalue weighted by atomic mass is 10.2. The van der Waals surface area contributed by atoms with Crippen molar-refractivity contribution < 1.29 is 9.53 Å². The minimum absolute atomic E-state index is 0.335. The van der Waals surface area contributed by atoms with Gasteiger partial charge in [-0.15, -0.1) is 0 Å². The van der Waals surface area contributed by atoms with Gasteiger partial charge in [0.1, 0.15) is 5.56 Å². The smallest absolute Gasteiger partial charge is 0.343 e. The highest BCUT2D eigenvalue weighted by atomic mass is 16.5. The van der Waals surface area contributed by atoms with Gasteiger partial charge < -0.3 is 4.74 Å². The summed E-state index contributed by atoms with van der Waals surface area (Å²) in [5, 5.41) is 9.09. The topological polar surface area (TPSA) is 61.4 Å². The molecule has 3 rings (SSSR count). The Morgan fingerprint density at radius 2 is 1.91 bits per heavy atom. The maximum Gasteiger partial charge on any atom is 0.343 e. The van der Waals surface area contributed by atoms with Gasteiger partial charge in [0.25, 0.3) is 0 Å². The molecule has 0 spiro atoms. The third-order valence-electron chi connectivity index (χ3n) is 3.51. The Bertz CT molecular complexity index is 818. The summed E-state index contributed by atoms with van der Waals surface area (Å²) in [5.74, 6) is 0.361. The van der Waals surface area contributed by atoms with Crippen LogP contribution in [0.3, 0.4) is 0 Å². The van der Waals surface area contributed by atoms with Gasteiger partial charge in [-0.3, -0.25) is 0 Å². The van der Waals surface area contributed by atoms with Crippen molar-refractivity contribution in [3.63, 3.8) is 0 Å². The molecule has 1 aromatic carbocycles. The summed E-state index contributed by atoms with van der Waals surface area (Å²) in [6.07, 6.45) is 0. The molecule has 0 amide bonds. The van der Waals surface area contributed by atoms with Crippen molar-refractivity contribution in [3.8, 4) is 11.4 Å². The molecular weight excluding hydrogens is 280 g/mol. The first-order valence-corrected chi connectivity index (χ1v) is 7.36. The average Bonchev–Trinajstić information content (AvgIpc) is 3.03. The molecule has 0 aliphatic heterocycles. The Morgan fingerprint density at radius 1 is 1.18 bits per heavy atom. The summed E-state index contributed by atoms with van der Waals surface area (Å²) < 4.78 is 8.67. The highest BCUT2D eigenvalue weighted by molar-refractivity contribution is 5.97. The fourth-order valence-corrected chi connectivity index (χ4v) is 2.54. The first-order chi connectivity index (χ1) is 10.7. The number of benzene rings is 1. The number of fused-ring (bicyclic) bond motifs is 1. The van der Waals surface area contributed by atoms with E-state index in [1.54, 1.807) is 16.1 Å². The van der Waals surface area contributed by atoms with Crippen molar-refractivity contribution in [2.45, 2.75) is 27.3 Å². The molecule has 2 heterocycles. The minimum Gasteiger partial charge on any atom is -0.462 e. The third kappa shape index (κ3) is 2.16. The van der Waals surface area contributed by atoms with Gasteiger partial charge in [-0.25, -0.2) is 9.48 Å². The van der Waals surface area contributed by atoms with Gasteiger partial charge in [-0.1, -0.05) is 30.3 Å². The number of ether oxygens (including phenoxy) is 1. The Morgan fingerprint density at radius 3 is 2.55 bits per heavy atom. The SMILES string of the molecule is CCOC(=O)c1c(C)nn2c(-c3ccccc3)nn(CC)c12. The molecule has 0 fully saturated rings. The molecule has 3 aromatic rings. The number of esters is 1. The van der Waals surface area contributed by atoms with Gasteiger partial charge >= 0.3 is 5.97 Å². The molecule has 0 aliphatic carbocycles. The lowest BCUT2D eigenvalue weighted by molar-refractivity contribution is 0.0527. The number of hydrogen-bond acceptors (Lipinski definition) is 4. The molecule has 114 valence electrons. The van der Waals surface area contributed by atoms with E-state index < -0.39 is 0 Å². The van der Waals surface area contributed by atoms with Gasteiger partial charge in [-0.2, -0.15) is 14.7 Å². The maximum atomic E-state index is 12.2. The number of hydrogen-bond donors (Lipinski definition) is 0. The standard InChI is InChI=1S/C16H18N4O2/c1-4-19-15-13(16(21)22-5-2)11(3)17-20(15)14(18-19)12-9-7-6-8-10-12/h6-10H,4-5H2,1-3H3. The van der Waals surface area contributed by atoms with Crippen LogP contribution in [0.15, 0.2) is 30.3 Å². The molecule has 6 nitrogen and oxygen atoms in total. The lowest BCUT2D eigenvalue weighted by Gasteiger charge is -2.01. The second kappa shape index (κ2) is 5.63. The summed E-state index contributed by atoms with van der Waals surface area (Å²) >= 11 is 0. The summed E-state index contributed by atoms with van der Waals surface area (Å²) in [4.78, 5) is 12.2. The zero-order valence-electron chi connectivity index (χ0n) is 12.9. The van der Waals surface area contributed by atoms with Crippen molar-refractivity contribution in [2.24, 2.45) is 0 Å². The predicted octanol–water partition coefficient (Wildman–Crippen LogP) is 2.70. The molecule has 0 aliphatic rings. The van der Waals surface area contributed by atoms with E-state index in [1.165, 1.54) is 0 Å². The maximum absolute atomic E-state index is 12.2. The normalized spacial score (nSPS) is 11.0.